The summed E-state index contributed by atoms with van der Waals surface area (Å²) in [6.45, 7) is 1.40. The summed E-state index contributed by atoms with van der Waals surface area (Å²) in [6.07, 6.45) is 5.19. The van der Waals surface area contributed by atoms with E-state index in [0.717, 1.165) is 60.0 Å². The van der Waals surface area contributed by atoms with Crippen molar-refractivity contribution < 1.29 is 9.59 Å². The third kappa shape index (κ3) is 3.93. The molecule has 0 atom stereocenters. The van der Waals surface area contributed by atoms with Gasteiger partial charge < -0.3 is 10.6 Å². The molecule has 150 valence electrons. The number of piperidine rings is 1. The lowest BCUT2D eigenvalue weighted by Gasteiger charge is -2.30. The summed E-state index contributed by atoms with van der Waals surface area (Å²) in [7, 11) is 1.76. The monoisotopic (exact) mass is 408 g/mol. The quantitative estimate of drug-likeness (QED) is 0.745. The highest BCUT2D eigenvalue weighted by molar-refractivity contribution is 8.11. The van der Waals surface area contributed by atoms with Crippen molar-refractivity contribution in [2.24, 2.45) is 5.73 Å². The predicted octanol–water partition coefficient (Wildman–Crippen LogP) is 3.16. The summed E-state index contributed by atoms with van der Waals surface area (Å²) < 4.78 is 2.85. The average molecular weight is 409 g/mol. The van der Waals surface area contributed by atoms with Crippen LogP contribution in [0.25, 0.3) is 5.57 Å². The summed E-state index contributed by atoms with van der Waals surface area (Å²) in [5.74, 6) is -0.407. The van der Waals surface area contributed by atoms with Crippen molar-refractivity contribution in [3.8, 4) is 0 Å². The molecule has 29 heavy (non-hydrogen) atoms. The highest BCUT2D eigenvalue weighted by atomic mass is 32.2. The van der Waals surface area contributed by atoms with E-state index in [-0.39, 0.29) is 5.24 Å². The Morgan fingerprint density at radius 2 is 1.86 bits per heavy atom. The van der Waals surface area contributed by atoms with Crippen molar-refractivity contribution in [2.45, 2.75) is 25.7 Å². The first kappa shape index (κ1) is 19.7. The minimum Gasteiger partial charge on any atom is -0.366 e. The normalized spacial score (nSPS) is 16.1. The maximum Gasteiger partial charge on any atom is 0.296 e. The van der Waals surface area contributed by atoms with Gasteiger partial charge in [-0.2, -0.15) is 0 Å². The van der Waals surface area contributed by atoms with E-state index in [1.54, 1.807) is 13.1 Å². The molecule has 0 spiro atoms. The van der Waals surface area contributed by atoms with Gasteiger partial charge in [0.25, 0.3) is 5.24 Å². The van der Waals surface area contributed by atoms with Crippen molar-refractivity contribution >= 4 is 28.7 Å². The van der Waals surface area contributed by atoms with Crippen LogP contribution in [0.2, 0.25) is 0 Å². The van der Waals surface area contributed by atoms with E-state index in [1.165, 1.54) is 11.1 Å². The second-order valence-corrected chi connectivity index (χ2v) is 8.25. The van der Waals surface area contributed by atoms with E-state index in [4.69, 9.17) is 10.7 Å². The fourth-order valence-electron chi connectivity index (χ4n) is 4.18. The zero-order chi connectivity index (χ0) is 20.4. The number of nitrogens with one attached hydrogen (secondary N) is 1. The zero-order valence-electron chi connectivity index (χ0n) is 16.4. The molecular weight excluding hydrogens is 384 g/mol. The molecule has 1 aliphatic carbocycles. The van der Waals surface area contributed by atoms with Crippen LogP contribution in [0.15, 0.2) is 42.1 Å². The molecule has 1 aromatic carbocycles. The molecule has 1 saturated heterocycles. The maximum atomic E-state index is 12.2. The molecule has 2 amide bonds. The molecule has 1 aromatic heterocycles. The summed E-state index contributed by atoms with van der Waals surface area (Å²) in [6, 6.07) is 9.84. The number of amides is 2. The topological polar surface area (TPSA) is 88.3 Å². The molecule has 0 bridgehead atoms. The molecule has 2 heterocycles. The zero-order valence-corrected chi connectivity index (χ0v) is 17.2. The van der Waals surface area contributed by atoms with Crippen molar-refractivity contribution in [3.63, 3.8) is 0 Å². The first-order valence-corrected chi connectivity index (χ1v) is 10.6. The van der Waals surface area contributed by atoms with Crippen LogP contribution < -0.4 is 10.5 Å². The fourth-order valence-corrected chi connectivity index (χ4v) is 4.67. The van der Waals surface area contributed by atoms with Gasteiger partial charge in [0.1, 0.15) is 0 Å². The van der Waals surface area contributed by atoms with Gasteiger partial charge in [0, 0.05) is 42.4 Å². The van der Waals surface area contributed by atoms with Crippen LogP contribution in [0.4, 0.5) is 4.79 Å². The van der Waals surface area contributed by atoms with Gasteiger partial charge in [-0.15, -0.1) is 0 Å². The molecule has 3 N–H and O–H groups in total. The van der Waals surface area contributed by atoms with E-state index >= 15 is 0 Å². The number of hydrogen-bond acceptors (Lipinski definition) is 5. The molecular formula is C22H24N4O2S. The number of carbonyl (C=O) groups is 2. The van der Waals surface area contributed by atoms with Gasteiger partial charge in [-0.3, -0.25) is 19.3 Å². The largest absolute Gasteiger partial charge is 0.366 e. The molecule has 7 heteroatoms. The molecule has 2 aromatic rings. The molecule has 4 rings (SSSR count). The van der Waals surface area contributed by atoms with Crippen LogP contribution in [0, 0.1) is 0 Å². The molecule has 6 nitrogen and oxygen atoms in total. The highest BCUT2D eigenvalue weighted by Gasteiger charge is 2.26. The van der Waals surface area contributed by atoms with Crippen LogP contribution in [-0.2, 0) is 12.8 Å². The Morgan fingerprint density at radius 3 is 2.59 bits per heavy atom. The molecule has 0 radical (unpaired) electrons. The van der Waals surface area contributed by atoms with E-state index in [2.05, 4.69) is 10.8 Å². The Kier molecular flexibility index (Phi) is 5.69. The number of rotatable bonds is 2. The number of primary amides is 1. The molecule has 1 fully saturated rings. The van der Waals surface area contributed by atoms with Gasteiger partial charge in [-0.1, -0.05) is 17.7 Å². The fraction of sp³-hybridized carbons (Fsp3) is 0.318. The Bertz CT molecular complexity index is 992. The molecule has 2 aliphatic rings. The number of nitrogens with zero attached hydrogens (tertiary/aromatic N) is 2. The molecule has 0 saturated carbocycles. The van der Waals surface area contributed by atoms with Gasteiger partial charge in [-0.25, -0.2) is 0 Å². The summed E-state index contributed by atoms with van der Waals surface area (Å²) in [5, 5.41) is 0.0578. The number of carbonyl (C=O) groups excluding carboxylic acids is 2. The van der Waals surface area contributed by atoms with Crippen molar-refractivity contribution in [1.82, 2.24) is 14.6 Å². The standard InChI is InChI=1S/C22H24N4O2S/c1-24-29-22(28)26-11-8-14(9-12-26)19-18-7-6-17(21(23)27)13-16(18)5-4-15-3-2-10-25-20(15)19/h2-3,6-7,10,13,24H,4-5,8-9,11-12H2,1H3,(H2,23,27). The summed E-state index contributed by atoms with van der Waals surface area (Å²) in [5.41, 5.74) is 13.0. The van der Waals surface area contributed by atoms with E-state index < -0.39 is 5.91 Å². The maximum absolute atomic E-state index is 12.2. The second kappa shape index (κ2) is 8.39. The van der Waals surface area contributed by atoms with Gasteiger partial charge in [-0.05, 0) is 67.6 Å². The number of fused-ring (bicyclic) bond motifs is 2. The Morgan fingerprint density at radius 1 is 1.10 bits per heavy atom. The Labute approximate surface area is 174 Å². The number of aryl methyl sites for hydroxylation is 2. The van der Waals surface area contributed by atoms with Crippen molar-refractivity contribution in [1.29, 1.82) is 0 Å². The minimum atomic E-state index is -0.407. The second-order valence-electron chi connectivity index (χ2n) is 7.29. The third-order valence-corrected chi connectivity index (χ3v) is 6.26. The van der Waals surface area contributed by atoms with Gasteiger partial charge in [0.05, 0.1) is 5.69 Å². The lowest BCUT2D eigenvalue weighted by Crippen LogP contribution is -2.35. The van der Waals surface area contributed by atoms with Gasteiger partial charge in [0.15, 0.2) is 0 Å². The highest BCUT2D eigenvalue weighted by Crippen LogP contribution is 2.38. The third-order valence-electron chi connectivity index (χ3n) is 5.62. The van der Waals surface area contributed by atoms with Crippen LogP contribution in [0.3, 0.4) is 0 Å². The number of aromatic nitrogens is 1. The van der Waals surface area contributed by atoms with E-state index in [9.17, 15) is 9.59 Å². The number of benzene rings is 1. The SMILES string of the molecule is CNSC(=O)N1CCC(=C2c3ccc(C(N)=O)cc3CCc3cccnc32)CC1. The summed E-state index contributed by atoms with van der Waals surface area (Å²) in [4.78, 5) is 30.5. The number of hydrogen-bond donors (Lipinski definition) is 2. The Balaban J connectivity index is 1.77. The van der Waals surface area contributed by atoms with Crippen molar-refractivity contribution in [3.05, 3.63) is 70.0 Å². The predicted molar refractivity (Wildman–Crippen MR) is 115 cm³/mol. The number of likely N-dealkylation sites (tertiary alicyclic amines) is 1. The smallest absolute Gasteiger partial charge is 0.296 e. The number of pyridine rings is 1. The summed E-state index contributed by atoms with van der Waals surface area (Å²) >= 11 is 1.12. The van der Waals surface area contributed by atoms with Crippen LogP contribution >= 0.6 is 11.9 Å². The van der Waals surface area contributed by atoms with Gasteiger partial charge >= 0.3 is 0 Å². The lowest BCUT2D eigenvalue weighted by atomic mass is 9.88. The van der Waals surface area contributed by atoms with Gasteiger partial charge in [0.2, 0.25) is 5.91 Å². The van der Waals surface area contributed by atoms with E-state index in [0.29, 0.717) is 18.7 Å². The first-order chi connectivity index (χ1) is 14.1. The number of nitrogens with two attached hydrogens (primary N) is 1. The lowest BCUT2D eigenvalue weighted by molar-refractivity contribution is 0.1000. The van der Waals surface area contributed by atoms with Crippen LogP contribution in [0.1, 0.15) is 45.6 Å². The first-order valence-electron chi connectivity index (χ1n) is 9.80. The average Bonchev–Trinajstić information content (AvgIpc) is 2.90. The Hall–Kier alpha value is -2.64. The van der Waals surface area contributed by atoms with Crippen LogP contribution in [-0.4, -0.2) is 41.2 Å². The van der Waals surface area contributed by atoms with Crippen molar-refractivity contribution in [2.75, 3.05) is 20.1 Å². The molecule has 0 unspecified atom stereocenters. The molecule has 1 aliphatic heterocycles. The van der Waals surface area contributed by atoms with Crippen LogP contribution in [0.5, 0.6) is 0 Å². The minimum absolute atomic E-state index is 0.0578. The van der Waals surface area contributed by atoms with E-state index in [1.807, 2.05) is 29.3 Å².